The van der Waals surface area contributed by atoms with Gasteiger partial charge >= 0.3 is 0 Å². The summed E-state index contributed by atoms with van der Waals surface area (Å²) in [5.41, 5.74) is 2.67. The molecule has 0 saturated carbocycles. The Morgan fingerprint density at radius 1 is 1.00 bits per heavy atom. The van der Waals surface area contributed by atoms with Gasteiger partial charge in [0.1, 0.15) is 11.5 Å². The Morgan fingerprint density at radius 2 is 1.67 bits per heavy atom. The molecule has 0 aliphatic carbocycles. The summed E-state index contributed by atoms with van der Waals surface area (Å²) >= 11 is 0. The Bertz CT molecular complexity index is 679. The molecule has 0 N–H and O–H groups in total. The third kappa shape index (κ3) is 3.88. The van der Waals surface area contributed by atoms with Gasteiger partial charge in [-0.3, -0.25) is 4.79 Å². The number of benzene rings is 2. The van der Waals surface area contributed by atoms with Gasteiger partial charge in [-0.05, 0) is 37.5 Å². The number of hydrogen-bond donors (Lipinski definition) is 0. The molecule has 2 aromatic carbocycles. The van der Waals surface area contributed by atoms with Crippen LogP contribution in [0.4, 0.5) is 0 Å². The number of hydrogen-bond acceptors (Lipinski definition) is 3. The fourth-order valence-electron chi connectivity index (χ4n) is 2.79. The maximum absolute atomic E-state index is 13.0. The van der Waals surface area contributed by atoms with Crippen LogP contribution in [0.5, 0.6) is 11.5 Å². The van der Waals surface area contributed by atoms with E-state index < -0.39 is 0 Å². The number of carbonyl (C=O) groups is 1. The molecule has 0 saturated heterocycles. The Labute approximate surface area is 144 Å². The van der Waals surface area contributed by atoms with E-state index in [2.05, 4.69) is 12.1 Å². The van der Waals surface area contributed by atoms with E-state index >= 15 is 0 Å². The molecule has 0 aliphatic rings. The summed E-state index contributed by atoms with van der Waals surface area (Å²) in [5.74, 6) is 1.23. The molecular formula is C20H25NO3. The first-order valence-electron chi connectivity index (χ1n) is 8.22. The van der Waals surface area contributed by atoms with E-state index in [4.69, 9.17) is 9.47 Å². The van der Waals surface area contributed by atoms with Crippen LogP contribution < -0.4 is 9.47 Å². The molecule has 2 rings (SSSR count). The fourth-order valence-corrected chi connectivity index (χ4v) is 2.79. The fraction of sp³-hybridized carbons (Fsp3) is 0.350. The molecule has 128 valence electrons. The second kappa shape index (κ2) is 8.39. The average molecular weight is 327 g/mol. The van der Waals surface area contributed by atoms with Crippen molar-refractivity contribution >= 4 is 5.91 Å². The van der Waals surface area contributed by atoms with Crippen LogP contribution >= 0.6 is 0 Å². The number of amides is 1. The number of rotatable bonds is 7. The van der Waals surface area contributed by atoms with E-state index in [1.54, 1.807) is 25.2 Å². The van der Waals surface area contributed by atoms with Crippen LogP contribution in [0.25, 0.3) is 0 Å². The summed E-state index contributed by atoms with van der Waals surface area (Å²) in [6, 6.07) is 13.8. The zero-order valence-corrected chi connectivity index (χ0v) is 14.8. The predicted octanol–water partition coefficient (Wildman–Crippen LogP) is 3.78. The second-order valence-electron chi connectivity index (χ2n) is 5.50. The first-order valence-corrected chi connectivity index (χ1v) is 8.22. The highest BCUT2D eigenvalue weighted by atomic mass is 16.5. The van der Waals surface area contributed by atoms with Crippen molar-refractivity contribution in [3.05, 3.63) is 59.2 Å². The number of carbonyl (C=O) groups excluding carboxylic acids is 1. The van der Waals surface area contributed by atoms with Crippen molar-refractivity contribution in [3.63, 3.8) is 0 Å². The van der Waals surface area contributed by atoms with Crippen molar-refractivity contribution in [1.82, 2.24) is 4.90 Å². The normalized spacial score (nSPS) is 10.3. The Balaban J connectivity index is 2.55. The van der Waals surface area contributed by atoms with Crippen molar-refractivity contribution < 1.29 is 14.3 Å². The summed E-state index contributed by atoms with van der Waals surface area (Å²) in [4.78, 5) is 14.8. The van der Waals surface area contributed by atoms with E-state index in [9.17, 15) is 4.79 Å². The van der Waals surface area contributed by atoms with Gasteiger partial charge in [0.05, 0.1) is 19.8 Å². The summed E-state index contributed by atoms with van der Waals surface area (Å²) < 4.78 is 10.9. The molecule has 4 heteroatoms. The third-order valence-electron chi connectivity index (χ3n) is 4.11. The summed E-state index contributed by atoms with van der Waals surface area (Å²) in [6.07, 6.45) is 0.650. The quantitative estimate of drug-likeness (QED) is 0.777. The van der Waals surface area contributed by atoms with Gasteiger partial charge in [0.2, 0.25) is 0 Å². The zero-order chi connectivity index (χ0) is 17.5. The first-order chi connectivity index (χ1) is 11.6. The van der Waals surface area contributed by atoms with Crippen LogP contribution in [0, 0.1) is 0 Å². The van der Waals surface area contributed by atoms with E-state index in [0.29, 0.717) is 36.6 Å². The largest absolute Gasteiger partial charge is 0.497 e. The summed E-state index contributed by atoms with van der Waals surface area (Å²) in [5, 5.41) is 0. The highest BCUT2D eigenvalue weighted by Crippen LogP contribution is 2.31. The summed E-state index contributed by atoms with van der Waals surface area (Å²) in [6.45, 7) is 5.28. The number of ether oxygens (including phenoxy) is 2. The monoisotopic (exact) mass is 327 g/mol. The molecule has 0 atom stereocenters. The lowest BCUT2D eigenvalue weighted by Crippen LogP contribution is -2.31. The minimum absolute atomic E-state index is 0.00886. The maximum Gasteiger partial charge on any atom is 0.257 e. The molecule has 0 aromatic heterocycles. The van der Waals surface area contributed by atoms with Gasteiger partial charge in [0.15, 0.2) is 0 Å². The molecular weight excluding hydrogens is 302 g/mol. The van der Waals surface area contributed by atoms with Crippen molar-refractivity contribution in [2.75, 3.05) is 27.3 Å². The van der Waals surface area contributed by atoms with Crippen LogP contribution in [0.3, 0.4) is 0 Å². The maximum atomic E-state index is 13.0. The topological polar surface area (TPSA) is 38.8 Å². The van der Waals surface area contributed by atoms with Gasteiger partial charge in [0.25, 0.3) is 5.91 Å². The number of methoxy groups -OCH3 is 2. The Hall–Kier alpha value is -2.49. The SMILES string of the molecule is CCN(CC)C(=O)c1c(Cc2ccccc2)cc(OC)cc1OC. The predicted molar refractivity (Wildman–Crippen MR) is 96.0 cm³/mol. The molecule has 24 heavy (non-hydrogen) atoms. The third-order valence-corrected chi connectivity index (χ3v) is 4.11. The molecule has 1 amide bonds. The molecule has 0 spiro atoms. The van der Waals surface area contributed by atoms with Gasteiger partial charge < -0.3 is 14.4 Å². The molecule has 0 fully saturated rings. The molecule has 0 bridgehead atoms. The highest BCUT2D eigenvalue weighted by Gasteiger charge is 2.23. The van der Waals surface area contributed by atoms with Crippen molar-refractivity contribution in [1.29, 1.82) is 0 Å². The highest BCUT2D eigenvalue weighted by molar-refractivity contribution is 5.99. The molecule has 2 aromatic rings. The lowest BCUT2D eigenvalue weighted by Gasteiger charge is -2.22. The van der Waals surface area contributed by atoms with Gasteiger partial charge in [-0.25, -0.2) is 0 Å². The van der Waals surface area contributed by atoms with Crippen LogP contribution in [0.2, 0.25) is 0 Å². The lowest BCUT2D eigenvalue weighted by atomic mass is 9.97. The minimum atomic E-state index is -0.00886. The first kappa shape index (κ1) is 17.9. The molecule has 0 unspecified atom stereocenters. The summed E-state index contributed by atoms with van der Waals surface area (Å²) in [7, 11) is 3.20. The van der Waals surface area contributed by atoms with Gasteiger partial charge in [0, 0.05) is 19.2 Å². The number of nitrogens with zero attached hydrogens (tertiary/aromatic N) is 1. The van der Waals surface area contributed by atoms with E-state index in [0.717, 1.165) is 11.1 Å². The second-order valence-corrected chi connectivity index (χ2v) is 5.50. The molecule has 0 radical (unpaired) electrons. The molecule has 0 heterocycles. The Kier molecular flexibility index (Phi) is 6.24. The Morgan fingerprint density at radius 3 is 2.21 bits per heavy atom. The van der Waals surface area contributed by atoms with E-state index in [1.807, 2.05) is 38.1 Å². The van der Waals surface area contributed by atoms with Crippen molar-refractivity contribution in [2.24, 2.45) is 0 Å². The van der Waals surface area contributed by atoms with Crippen LogP contribution in [0.15, 0.2) is 42.5 Å². The van der Waals surface area contributed by atoms with Crippen LogP contribution in [0.1, 0.15) is 35.3 Å². The van der Waals surface area contributed by atoms with Crippen molar-refractivity contribution in [3.8, 4) is 11.5 Å². The van der Waals surface area contributed by atoms with Crippen molar-refractivity contribution in [2.45, 2.75) is 20.3 Å². The van der Waals surface area contributed by atoms with E-state index in [-0.39, 0.29) is 5.91 Å². The zero-order valence-electron chi connectivity index (χ0n) is 14.8. The average Bonchev–Trinajstić information content (AvgIpc) is 2.62. The van der Waals surface area contributed by atoms with Crippen LogP contribution in [-0.2, 0) is 6.42 Å². The molecule has 4 nitrogen and oxygen atoms in total. The van der Waals surface area contributed by atoms with Crippen LogP contribution in [-0.4, -0.2) is 38.1 Å². The van der Waals surface area contributed by atoms with Gasteiger partial charge in [-0.15, -0.1) is 0 Å². The van der Waals surface area contributed by atoms with Gasteiger partial charge in [-0.1, -0.05) is 30.3 Å². The lowest BCUT2D eigenvalue weighted by molar-refractivity contribution is 0.0768. The minimum Gasteiger partial charge on any atom is -0.497 e. The molecule has 0 aliphatic heterocycles. The van der Waals surface area contributed by atoms with E-state index in [1.165, 1.54) is 0 Å². The smallest absolute Gasteiger partial charge is 0.257 e. The standard InChI is InChI=1S/C20H25NO3/c1-5-21(6-2)20(22)19-16(12-15-10-8-7-9-11-15)13-17(23-3)14-18(19)24-4/h7-11,13-14H,5-6,12H2,1-4H3. The van der Waals surface area contributed by atoms with Gasteiger partial charge in [-0.2, -0.15) is 0 Å².